The smallest absolute Gasteiger partial charge is 0.147 e. The molecule has 19 heavy (non-hydrogen) atoms. The number of hydrogen-bond donors (Lipinski definition) is 3. The lowest BCUT2D eigenvalue weighted by atomic mass is 10.1. The second kappa shape index (κ2) is 5.11. The molecule has 0 radical (unpaired) electrons. The number of anilines is 2. The van der Waals surface area contributed by atoms with E-state index in [0.717, 1.165) is 22.0 Å². The van der Waals surface area contributed by atoms with Crippen LogP contribution in [0.3, 0.4) is 0 Å². The van der Waals surface area contributed by atoms with Gasteiger partial charge in [-0.15, -0.1) is 0 Å². The van der Waals surface area contributed by atoms with Crippen LogP contribution in [-0.2, 0) is 6.54 Å². The molecule has 0 spiro atoms. The van der Waals surface area contributed by atoms with Crippen molar-refractivity contribution in [1.82, 2.24) is 14.3 Å². The molecular formula is C13H13N5S. The van der Waals surface area contributed by atoms with E-state index in [9.17, 15) is 0 Å². The summed E-state index contributed by atoms with van der Waals surface area (Å²) in [4.78, 5) is 7.23. The number of hydrogen-bond acceptors (Lipinski definition) is 5. The fourth-order valence-corrected chi connectivity index (χ4v) is 2.60. The zero-order chi connectivity index (χ0) is 13.1. The number of imidazole rings is 1. The SMILES string of the molecule is Nc1nsc(NCc2ncc[nH]2)c1-c1ccccc1. The molecule has 0 aliphatic heterocycles. The third kappa shape index (κ3) is 2.43. The lowest BCUT2D eigenvalue weighted by Crippen LogP contribution is -2.01. The Labute approximate surface area is 114 Å². The summed E-state index contributed by atoms with van der Waals surface area (Å²) < 4.78 is 4.22. The van der Waals surface area contributed by atoms with Crippen molar-refractivity contribution in [3.05, 3.63) is 48.5 Å². The third-order valence-electron chi connectivity index (χ3n) is 2.75. The van der Waals surface area contributed by atoms with Crippen LogP contribution in [0.1, 0.15) is 5.82 Å². The van der Waals surface area contributed by atoms with Gasteiger partial charge in [-0.05, 0) is 17.1 Å². The molecule has 5 nitrogen and oxygen atoms in total. The molecule has 0 bridgehead atoms. The number of benzene rings is 1. The minimum absolute atomic E-state index is 0.554. The van der Waals surface area contributed by atoms with Crippen molar-refractivity contribution in [3.8, 4) is 11.1 Å². The summed E-state index contributed by atoms with van der Waals surface area (Å²) in [6.07, 6.45) is 3.53. The lowest BCUT2D eigenvalue weighted by Gasteiger charge is -2.06. The summed E-state index contributed by atoms with van der Waals surface area (Å²) in [5.74, 6) is 1.43. The van der Waals surface area contributed by atoms with E-state index >= 15 is 0 Å². The maximum Gasteiger partial charge on any atom is 0.147 e. The molecule has 0 saturated carbocycles. The summed E-state index contributed by atoms with van der Waals surface area (Å²) in [6, 6.07) is 10.0. The Balaban J connectivity index is 1.87. The Morgan fingerprint density at radius 1 is 1.26 bits per heavy atom. The number of nitrogens with two attached hydrogens (primary N) is 1. The van der Waals surface area contributed by atoms with Crippen LogP contribution in [0.5, 0.6) is 0 Å². The summed E-state index contributed by atoms with van der Waals surface area (Å²) in [5, 5.41) is 4.28. The van der Waals surface area contributed by atoms with Gasteiger partial charge in [0.15, 0.2) is 0 Å². The van der Waals surface area contributed by atoms with E-state index in [0.29, 0.717) is 12.4 Å². The molecule has 0 aliphatic rings. The zero-order valence-corrected chi connectivity index (χ0v) is 10.9. The van der Waals surface area contributed by atoms with Crippen LogP contribution in [0, 0.1) is 0 Å². The highest BCUT2D eigenvalue weighted by molar-refractivity contribution is 7.11. The van der Waals surface area contributed by atoms with Gasteiger partial charge in [-0.1, -0.05) is 30.3 Å². The summed E-state index contributed by atoms with van der Waals surface area (Å²) in [6.45, 7) is 0.620. The number of aromatic amines is 1. The number of aromatic nitrogens is 3. The van der Waals surface area contributed by atoms with Gasteiger partial charge in [-0.25, -0.2) is 4.98 Å². The molecule has 96 valence electrons. The first-order chi connectivity index (χ1) is 9.34. The zero-order valence-electron chi connectivity index (χ0n) is 10.1. The monoisotopic (exact) mass is 271 g/mol. The van der Waals surface area contributed by atoms with Gasteiger partial charge in [0.1, 0.15) is 16.6 Å². The molecular weight excluding hydrogens is 258 g/mol. The largest absolute Gasteiger partial charge is 0.382 e. The highest BCUT2D eigenvalue weighted by atomic mass is 32.1. The highest BCUT2D eigenvalue weighted by Crippen LogP contribution is 2.36. The van der Waals surface area contributed by atoms with Crippen LogP contribution in [0.25, 0.3) is 11.1 Å². The molecule has 2 aromatic heterocycles. The van der Waals surface area contributed by atoms with Gasteiger partial charge in [-0.3, -0.25) is 0 Å². The van der Waals surface area contributed by atoms with Crippen molar-refractivity contribution in [3.63, 3.8) is 0 Å². The van der Waals surface area contributed by atoms with Crippen molar-refractivity contribution >= 4 is 22.4 Å². The minimum Gasteiger partial charge on any atom is -0.382 e. The van der Waals surface area contributed by atoms with Crippen LogP contribution in [0.2, 0.25) is 0 Å². The van der Waals surface area contributed by atoms with Crippen LogP contribution in [0.15, 0.2) is 42.7 Å². The average Bonchev–Trinajstić information content (AvgIpc) is 3.07. The van der Waals surface area contributed by atoms with E-state index in [4.69, 9.17) is 5.73 Å². The van der Waals surface area contributed by atoms with Crippen LogP contribution in [-0.4, -0.2) is 14.3 Å². The quantitative estimate of drug-likeness (QED) is 0.681. The Bertz CT molecular complexity index is 645. The first-order valence-electron chi connectivity index (χ1n) is 5.87. The van der Waals surface area contributed by atoms with Crippen molar-refractivity contribution in [2.45, 2.75) is 6.54 Å². The van der Waals surface area contributed by atoms with Gasteiger partial charge < -0.3 is 16.0 Å². The van der Waals surface area contributed by atoms with Gasteiger partial charge >= 0.3 is 0 Å². The van der Waals surface area contributed by atoms with Crippen molar-refractivity contribution in [1.29, 1.82) is 0 Å². The standard InChI is InChI=1S/C13H13N5S/c14-12-11(9-4-2-1-3-5-9)13(19-18-12)17-8-10-15-6-7-16-10/h1-7,17H,8H2,(H2,14,18)(H,15,16). The van der Waals surface area contributed by atoms with E-state index in [-0.39, 0.29) is 0 Å². The number of nitrogens with zero attached hydrogens (tertiary/aromatic N) is 2. The molecule has 0 saturated heterocycles. The number of nitrogens with one attached hydrogen (secondary N) is 2. The molecule has 0 unspecified atom stereocenters. The summed E-state index contributed by atoms with van der Waals surface area (Å²) in [5.41, 5.74) is 7.98. The van der Waals surface area contributed by atoms with Crippen LogP contribution in [0.4, 0.5) is 10.8 Å². The summed E-state index contributed by atoms with van der Waals surface area (Å²) >= 11 is 1.37. The predicted octanol–water partition coefficient (Wildman–Crippen LogP) is 2.73. The van der Waals surface area contributed by atoms with E-state index in [2.05, 4.69) is 19.7 Å². The van der Waals surface area contributed by atoms with Gasteiger partial charge in [0.05, 0.1) is 12.1 Å². The molecule has 0 amide bonds. The van der Waals surface area contributed by atoms with Crippen molar-refractivity contribution < 1.29 is 0 Å². The van der Waals surface area contributed by atoms with Gasteiger partial charge in [0.2, 0.25) is 0 Å². The lowest BCUT2D eigenvalue weighted by molar-refractivity contribution is 1.00. The number of nitrogen functional groups attached to an aromatic ring is 1. The molecule has 0 fully saturated rings. The minimum atomic E-state index is 0.554. The second-order valence-electron chi connectivity index (χ2n) is 4.03. The average molecular weight is 271 g/mol. The van der Waals surface area contributed by atoms with Crippen LogP contribution < -0.4 is 11.1 Å². The fraction of sp³-hybridized carbons (Fsp3) is 0.0769. The van der Waals surface area contributed by atoms with Gasteiger partial charge in [0, 0.05) is 12.4 Å². The predicted molar refractivity (Wildman–Crippen MR) is 77.9 cm³/mol. The van der Waals surface area contributed by atoms with Gasteiger partial charge in [-0.2, -0.15) is 4.37 Å². The maximum absolute atomic E-state index is 5.96. The molecule has 4 N–H and O–H groups in total. The Morgan fingerprint density at radius 2 is 2.11 bits per heavy atom. The fourth-order valence-electron chi connectivity index (χ4n) is 1.87. The normalized spacial score (nSPS) is 10.5. The third-order valence-corrected chi connectivity index (χ3v) is 3.57. The first kappa shape index (κ1) is 11.7. The van der Waals surface area contributed by atoms with Crippen LogP contribution >= 0.6 is 11.5 Å². The molecule has 3 aromatic rings. The second-order valence-corrected chi connectivity index (χ2v) is 4.80. The van der Waals surface area contributed by atoms with Gasteiger partial charge in [0.25, 0.3) is 0 Å². The molecule has 1 aromatic carbocycles. The Hall–Kier alpha value is -2.34. The molecule has 3 rings (SSSR count). The summed E-state index contributed by atoms with van der Waals surface area (Å²) in [7, 11) is 0. The number of H-pyrrole nitrogens is 1. The van der Waals surface area contributed by atoms with E-state index < -0.39 is 0 Å². The molecule has 0 atom stereocenters. The van der Waals surface area contributed by atoms with Crippen molar-refractivity contribution in [2.24, 2.45) is 0 Å². The first-order valence-corrected chi connectivity index (χ1v) is 6.64. The molecule has 2 heterocycles. The van der Waals surface area contributed by atoms with E-state index in [1.807, 2.05) is 30.3 Å². The maximum atomic E-state index is 5.96. The van der Waals surface area contributed by atoms with Crippen molar-refractivity contribution in [2.75, 3.05) is 11.1 Å². The topological polar surface area (TPSA) is 79.6 Å². The van der Waals surface area contributed by atoms with E-state index in [1.54, 1.807) is 12.4 Å². The molecule has 0 aliphatic carbocycles. The Kier molecular flexibility index (Phi) is 3.16. The number of rotatable bonds is 4. The highest BCUT2D eigenvalue weighted by Gasteiger charge is 2.13. The molecule has 6 heteroatoms. The Morgan fingerprint density at radius 3 is 2.84 bits per heavy atom. The van der Waals surface area contributed by atoms with E-state index in [1.165, 1.54) is 11.5 Å².